The van der Waals surface area contributed by atoms with Gasteiger partial charge in [-0.1, -0.05) is 0 Å². The van der Waals surface area contributed by atoms with Crippen molar-refractivity contribution in [1.82, 2.24) is 0 Å². The Morgan fingerprint density at radius 1 is 0.564 bits per heavy atom. The van der Waals surface area contributed by atoms with E-state index in [0.717, 1.165) is 25.7 Å². The van der Waals surface area contributed by atoms with Crippen LogP contribution in [0, 0.1) is 0 Å². The third-order valence-electron chi connectivity index (χ3n) is 7.99. The summed E-state index contributed by atoms with van der Waals surface area (Å²) in [6.45, 7) is 9.17. The van der Waals surface area contributed by atoms with Gasteiger partial charge in [-0.05, 0) is 0 Å². The minimum atomic E-state index is -0.986. The SMILES string of the molecule is CCc1ccc(C2=Cc3c(CC)cccc3[CH]2[Zr+2][CH]2C(c3ccc(CC)s3)=Cc3c(CC)cccc32)s1.[Cl-].[Cl-]. The third-order valence-corrected chi connectivity index (χ3v) is 15.2. The predicted octanol–water partition coefficient (Wildman–Crippen LogP) is 4.04. The number of hydrogen-bond acceptors (Lipinski definition) is 2. The molecule has 0 aliphatic heterocycles. The number of fused-ring (bicyclic) bond motifs is 2. The maximum Gasteiger partial charge on any atom is -1.00 e. The molecule has 0 saturated heterocycles. The van der Waals surface area contributed by atoms with Crippen LogP contribution in [-0.2, 0) is 48.9 Å². The van der Waals surface area contributed by atoms with Gasteiger partial charge in [-0.2, -0.15) is 0 Å². The van der Waals surface area contributed by atoms with Crippen molar-refractivity contribution >= 4 is 46.0 Å². The van der Waals surface area contributed by atoms with Crippen LogP contribution in [0.5, 0.6) is 0 Å². The third kappa shape index (κ3) is 5.65. The topological polar surface area (TPSA) is 0 Å². The minimum absolute atomic E-state index is 0. The molecule has 200 valence electrons. The van der Waals surface area contributed by atoms with Crippen molar-refractivity contribution in [1.29, 1.82) is 0 Å². The van der Waals surface area contributed by atoms with Gasteiger partial charge in [0.15, 0.2) is 0 Å². The summed E-state index contributed by atoms with van der Waals surface area (Å²) in [5, 5.41) is 0. The second kappa shape index (κ2) is 13.2. The van der Waals surface area contributed by atoms with E-state index < -0.39 is 23.2 Å². The molecule has 2 aliphatic carbocycles. The average Bonchev–Trinajstić information content (AvgIpc) is 3.73. The van der Waals surface area contributed by atoms with Crippen LogP contribution in [0.3, 0.4) is 0 Å². The standard InChI is InChI=1S/2C17H17S.2ClH.Zr/c2*1-3-12-6-5-7-13-10-14(11-16(12)13)17-9-8-15(4-2)18-17;;;/h2*5-11H,3-4H2,1-2H3;2*1H;/q;;;;+2/p-2. The van der Waals surface area contributed by atoms with Crippen molar-refractivity contribution in [2.24, 2.45) is 0 Å². The van der Waals surface area contributed by atoms with Crippen molar-refractivity contribution in [3.05, 3.63) is 114 Å². The van der Waals surface area contributed by atoms with Gasteiger partial charge in [-0.15, -0.1) is 0 Å². The van der Waals surface area contributed by atoms with Gasteiger partial charge in [-0.25, -0.2) is 0 Å². The zero-order chi connectivity index (χ0) is 25.5. The van der Waals surface area contributed by atoms with Crippen LogP contribution >= 0.6 is 22.7 Å². The first-order chi connectivity index (χ1) is 18.1. The molecule has 6 rings (SSSR count). The molecule has 2 aromatic carbocycles. The van der Waals surface area contributed by atoms with Gasteiger partial charge < -0.3 is 24.8 Å². The maximum absolute atomic E-state index is 2.58. The number of hydrogen-bond donors (Lipinski definition) is 0. The first-order valence-electron chi connectivity index (χ1n) is 13.8. The van der Waals surface area contributed by atoms with E-state index in [4.69, 9.17) is 0 Å². The van der Waals surface area contributed by atoms with Gasteiger partial charge in [0.05, 0.1) is 0 Å². The van der Waals surface area contributed by atoms with Crippen molar-refractivity contribution in [3.63, 3.8) is 0 Å². The van der Waals surface area contributed by atoms with Gasteiger partial charge in [0.2, 0.25) is 0 Å². The van der Waals surface area contributed by atoms with E-state index in [0.29, 0.717) is 7.25 Å². The number of benzene rings is 2. The van der Waals surface area contributed by atoms with Crippen LogP contribution < -0.4 is 24.8 Å². The van der Waals surface area contributed by atoms with Crippen LogP contribution in [0.25, 0.3) is 23.3 Å². The van der Waals surface area contributed by atoms with E-state index >= 15 is 0 Å². The van der Waals surface area contributed by atoms with Gasteiger partial charge in [0.25, 0.3) is 0 Å². The predicted molar refractivity (Wildman–Crippen MR) is 160 cm³/mol. The number of allylic oxidation sites excluding steroid dienone is 2. The summed E-state index contributed by atoms with van der Waals surface area (Å²) in [7, 11) is 0. The van der Waals surface area contributed by atoms with Crippen LogP contribution in [-0.4, -0.2) is 0 Å². The van der Waals surface area contributed by atoms with Gasteiger partial charge in [0.1, 0.15) is 0 Å². The summed E-state index contributed by atoms with van der Waals surface area (Å²) in [5.74, 6) is 0. The second-order valence-electron chi connectivity index (χ2n) is 10.0. The molecule has 0 fully saturated rings. The van der Waals surface area contributed by atoms with E-state index in [-0.39, 0.29) is 24.8 Å². The molecule has 2 unspecified atom stereocenters. The van der Waals surface area contributed by atoms with Gasteiger partial charge in [0, 0.05) is 0 Å². The number of aryl methyl sites for hydroxylation is 4. The summed E-state index contributed by atoms with van der Waals surface area (Å²) in [6, 6.07) is 23.7. The Kier molecular flexibility index (Phi) is 10.4. The molecule has 4 aromatic rings. The molecule has 0 spiro atoms. The Balaban J connectivity index is 0.00000176. The molecule has 0 amide bonds. The zero-order valence-electron chi connectivity index (χ0n) is 23.0. The molecule has 0 bridgehead atoms. The monoisotopic (exact) mass is 666 g/mol. The van der Waals surface area contributed by atoms with E-state index in [9.17, 15) is 0 Å². The van der Waals surface area contributed by atoms with Crippen LogP contribution in [0.4, 0.5) is 0 Å². The molecular weight excluding hydrogens is 635 g/mol. The van der Waals surface area contributed by atoms with Gasteiger partial charge >= 0.3 is 243 Å². The summed E-state index contributed by atoms with van der Waals surface area (Å²) in [6.07, 6.45) is 9.59. The molecule has 0 radical (unpaired) electrons. The Labute approximate surface area is 266 Å². The average molecular weight is 669 g/mol. The van der Waals surface area contributed by atoms with Gasteiger partial charge in [-0.3, -0.25) is 0 Å². The molecule has 2 aliphatic rings. The van der Waals surface area contributed by atoms with Crippen molar-refractivity contribution in [2.45, 2.75) is 60.6 Å². The summed E-state index contributed by atoms with van der Waals surface area (Å²) in [5.41, 5.74) is 12.5. The van der Waals surface area contributed by atoms with Crippen LogP contribution in [0.1, 0.15) is 87.8 Å². The number of thiophene rings is 2. The quantitative estimate of drug-likeness (QED) is 0.266. The number of halogens is 2. The molecule has 0 saturated carbocycles. The largest absolute Gasteiger partial charge is 1.00 e. The van der Waals surface area contributed by atoms with E-state index in [1.54, 1.807) is 22.3 Å². The summed E-state index contributed by atoms with van der Waals surface area (Å²) < 4.78 is 1.17. The number of rotatable bonds is 8. The van der Waals surface area contributed by atoms with E-state index in [1.165, 1.54) is 41.8 Å². The zero-order valence-corrected chi connectivity index (χ0v) is 28.6. The Bertz CT molecular complexity index is 1410. The molecule has 39 heavy (non-hydrogen) atoms. The maximum atomic E-state index is 2.58. The first-order valence-corrected chi connectivity index (χ1v) is 18.2. The Hall–Kier alpha value is -1.22. The summed E-state index contributed by atoms with van der Waals surface area (Å²) >= 11 is 3.05. The smallest absolute Gasteiger partial charge is 1.00 e. The first kappa shape index (κ1) is 30.7. The van der Waals surface area contributed by atoms with Crippen molar-refractivity contribution in [3.8, 4) is 0 Å². The van der Waals surface area contributed by atoms with Crippen LogP contribution in [0.2, 0.25) is 0 Å². The Morgan fingerprint density at radius 2 is 1.00 bits per heavy atom. The van der Waals surface area contributed by atoms with E-state index in [1.807, 2.05) is 22.7 Å². The molecule has 0 nitrogen and oxygen atoms in total. The fourth-order valence-electron chi connectivity index (χ4n) is 5.95. The van der Waals surface area contributed by atoms with E-state index in [2.05, 4.69) is 101 Å². The molecule has 0 N–H and O–H groups in total. The Morgan fingerprint density at radius 3 is 1.36 bits per heavy atom. The fraction of sp³-hybridized carbons (Fsp3) is 0.294. The van der Waals surface area contributed by atoms with Crippen LogP contribution in [0.15, 0.2) is 60.7 Å². The molecule has 2 heterocycles. The molecule has 2 atom stereocenters. The molecule has 2 aromatic heterocycles. The summed E-state index contributed by atoms with van der Waals surface area (Å²) in [4.78, 5) is 5.99. The fourth-order valence-corrected chi connectivity index (χ4v) is 13.4. The molecule has 5 heteroatoms. The minimum Gasteiger partial charge on any atom is -1.00 e. The van der Waals surface area contributed by atoms with Crippen molar-refractivity contribution in [2.75, 3.05) is 0 Å². The second-order valence-corrected chi connectivity index (χ2v) is 16.0. The van der Waals surface area contributed by atoms with Crippen molar-refractivity contribution < 1.29 is 48.0 Å². The molecular formula is C34H34Cl2S2Zr. The normalized spacial score (nSPS) is 16.9.